The molecule has 1 rings (SSSR count). The van der Waals surface area contributed by atoms with Gasteiger partial charge in [0.15, 0.2) is 0 Å². The molecule has 0 aromatic heterocycles. The highest BCUT2D eigenvalue weighted by Gasteiger charge is 2.03. The standard InChI is InChI=1S/C12H18S/c1-9-7-10(2)12(5-4-6-13)11(3)8-9/h7-8,13H,4-6H2,1-3H3/p+1. The maximum atomic E-state index is 3.52. The van der Waals surface area contributed by atoms with Gasteiger partial charge in [0.25, 0.3) is 0 Å². The number of aryl methyl sites for hydroxylation is 3. The van der Waals surface area contributed by atoms with Crippen LogP contribution in [0.2, 0.25) is 0 Å². The van der Waals surface area contributed by atoms with Crippen LogP contribution in [0.3, 0.4) is 0 Å². The Morgan fingerprint density at radius 3 is 2.08 bits per heavy atom. The summed E-state index contributed by atoms with van der Waals surface area (Å²) in [5.41, 5.74) is 5.79. The highest BCUT2D eigenvalue weighted by Crippen LogP contribution is 2.17. The lowest BCUT2D eigenvalue weighted by atomic mass is 9.97. The van der Waals surface area contributed by atoms with Gasteiger partial charge in [0.1, 0.15) is 5.75 Å². The largest absolute Gasteiger partial charge is 0.103 e. The highest BCUT2D eigenvalue weighted by molar-refractivity contribution is 7.58. The van der Waals surface area contributed by atoms with Crippen molar-refractivity contribution in [3.05, 3.63) is 34.4 Å². The van der Waals surface area contributed by atoms with Crippen LogP contribution in [0.15, 0.2) is 12.1 Å². The Bertz CT molecular complexity index is 266. The highest BCUT2D eigenvalue weighted by atomic mass is 32.1. The molecule has 0 aliphatic heterocycles. The molecule has 0 fully saturated rings. The summed E-state index contributed by atoms with van der Waals surface area (Å²) in [4.78, 5) is 0. The van der Waals surface area contributed by atoms with E-state index in [1.54, 1.807) is 0 Å². The number of hydrogen-bond donors (Lipinski definition) is 0. The Labute approximate surface area is 86.8 Å². The summed E-state index contributed by atoms with van der Waals surface area (Å²) < 4.78 is 0. The lowest BCUT2D eigenvalue weighted by molar-refractivity contribution is 0.914. The number of hydrogen-bond acceptors (Lipinski definition) is 0. The minimum Gasteiger partial charge on any atom is -0.0561 e. The summed E-state index contributed by atoms with van der Waals surface area (Å²) in [6.07, 6.45) is 2.42. The van der Waals surface area contributed by atoms with E-state index in [2.05, 4.69) is 45.5 Å². The van der Waals surface area contributed by atoms with Crippen molar-refractivity contribution in [2.45, 2.75) is 33.6 Å². The molecule has 0 atom stereocenters. The fourth-order valence-corrected chi connectivity index (χ4v) is 2.05. The third-order valence-corrected chi connectivity index (χ3v) is 2.80. The monoisotopic (exact) mass is 195 g/mol. The van der Waals surface area contributed by atoms with Gasteiger partial charge >= 0.3 is 0 Å². The van der Waals surface area contributed by atoms with E-state index in [1.807, 2.05) is 0 Å². The molecule has 13 heavy (non-hydrogen) atoms. The zero-order chi connectivity index (χ0) is 9.84. The maximum Gasteiger partial charge on any atom is 0.103 e. The van der Waals surface area contributed by atoms with E-state index >= 15 is 0 Å². The second-order valence-electron chi connectivity index (χ2n) is 3.73. The van der Waals surface area contributed by atoms with Crippen LogP contribution < -0.4 is 0 Å². The predicted molar refractivity (Wildman–Crippen MR) is 64.0 cm³/mol. The molecule has 0 bridgehead atoms. The Morgan fingerprint density at radius 2 is 1.62 bits per heavy atom. The lowest BCUT2D eigenvalue weighted by Crippen LogP contribution is -1.96. The van der Waals surface area contributed by atoms with Crippen molar-refractivity contribution < 1.29 is 0 Å². The van der Waals surface area contributed by atoms with Gasteiger partial charge in [-0.25, -0.2) is 0 Å². The van der Waals surface area contributed by atoms with Crippen molar-refractivity contribution in [2.24, 2.45) is 0 Å². The van der Waals surface area contributed by atoms with Gasteiger partial charge in [0, 0.05) is 0 Å². The first kappa shape index (κ1) is 10.6. The lowest BCUT2D eigenvalue weighted by Gasteiger charge is -2.09. The Morgan fingerprint density at radius 1 is 1.08 bits per heavy atom. The minimum atomic E-state index is 1.09. The van der Waals surface area contributed by atoms with Gasteiger partial charge in [-0.2, -0.15) is 0 Å². The van der Waals surface area contributed by atoms with E-state index in [0.717, 1.165) is 5.75 Å². The molecular weight excluding hydrogens is 176 g/mol. The molecule has 0 nitrogen and oxygen atoms in total. The summed E-state index contributed by atoms with van der Waals surface area (Å²) in [5.74, 6) is 1.09. The molecule has 0 unspecified atom stereocenters. The van der Waals surface area contributed by atoms with Crippen LogP contribution in [0.4, 0.5) is 0 Å². The molecule has 0 heterocycles. The van der Waals surface area contributed by atoms with Crippen molar-refractivity contribution in [2.75, 3.05) is 5.75 Å². The number of benzene rings is 1. The Hall–Kier alpha value is -0.430. The molecule has 0 aliphatic rings. The van der Waals surface area contributed by atoms with Gasteiger partial charge in [-0.1, -0.05) is 17.7 Å². The first-order valence-corrected chi connectivity index (χ1v) is 5.57. The van der Waals surface area contributed by atoms with Gasteiger partial charge in [-0.15, -0.1) is 0 Å². The molecular formula is C12H19S+. The van der Waals surface area contributed by atoms with Gasteiger partial charge in [0.05, 0.1) is 0 Å². The topological polar surface area (TPSA) is 0 Å². The Kier molecular flexibility index (Phi) is 3.86. The average molecular weight is 195 g/mol. The van der Waals surface area contributed by atoms with Crippen LogP contribution in [0.1, 0.15) is 28.7 Å². The van der Waals surface area contributed by atoms with Gasteiger partial charge in [-0.3, -0.25) is 0 Å². The quantitative estimate of drug-likeness (QED) is 0.650. The number of rotatable bonds is 3. The second-order valence-corrected chi connectivity index (χ2v) is 4.23. The molecule has 1 aromatic carbocycles. The minimum absolute atomic E-state index is 1.09. The molecule has 0 N–H and O–H groups in total. The maximum absolute atomic E-state index is 3.52. The van der Waals surface area contributed by atoms with Gasteiger partial charge in [0.2, 0.25) is 0 Å². The molecule has 1 heteroatoms. The summed E-state index contributed by atoms with van der Waals surface area (Å²) in [6.45, 7) is 6.58. The summed E-state index contributed by atoms with van der Waals surface area (Å²) in [5, 5.41) is 0. The average Bonchev–Trinajstić information content (AvgIpc) is 2.02. The van der Waals surface area contributed by atoms with Crippen LogP contribution in [0, 0.1) is 20.8 Å². The smallest absolute Gasteiger partial charge is 0.0561 e. The second kappa shape index (κ2) is 4.71. The fourth-order valence-electron chi connectivity index (χ4n) is 1.87. The summed E-state index contributed by atoms with van der Waals surface area (Å²) >= 11 is 3.52. The molecule has 0 saturated heterocycles. The van der Waals surface area contributed by atoms with Crippen molar-refractivity contribution in [1.82, 2.24) is 0 Å². The van der Waals surface area contributed by atoms with E-state index in [9.17, 15) is 0 Å². The molecule has 72 valence electrons. The fraction of sp³-hybridized carbons (Fsp3) is 0.500. The summed E-state index contributed by atoms with van der Waals surface area (Å²) in [6, 6.07) is 4.55. The van der Waals surface area contributed by atoms with Crippen LogP contribution in [-0.4, -0.2) is 5.75 Å². The van der Waals surface area contributed by atoms with Crippen molar-refractivity contribution >= 4 is 12.6 Å². The predicted octanol–water partition coefficient (Wildman–Crippen LogP) is 2.56. The van der Waals surface area contributed by atoms with Gasteiger partial charge in [-0.05, 0) is 62.9 Å². The van der Waals surface area contributed by atoms with Crippen molar-refractivity contribution in [1.29, 1.82) is 0 Å². The van der Waals surface area contributed by atoms with Crippen molar-refractivity contribution in [3.8, 4) is 0 Å². The molecule has 0 amide bonds. The van der Waals surface area contributed by atoms with E-state index < -0.39 is 0 Å². The van der Waals surface area contributed by atoms with Gasteiger partial charge < -0.3 is 0 Å². The van der Waals surface area contributed by atoms with Crippen LogP contribution >= 0.6 is 0 Å². The molecule has 0 spiro atoms. The third kappa shape index (κ3) is 2.77. The molecule has 0 saturated carbocycles. The summed E-state index contributed by atoms with van der Waals surface area (Å²) in [7, 11) is 0. The first-order valence-electron chi connectivity index (χ1n) is 4.86. The first-order chi connectivity index (χ1) is 6.15. The van der Waals surface area contributed by atoms with Crippen molar-refractivity contribution in [3.63, 3.8) is 0 Å². The van der Waals surface area contributed by atoms with Crippen LogP contribution in [0.5, 0.6) is 0 Å². The van der Waals surface area contributed by atoms with E-state index in [4.69, 9.17) is 0 Å². The molecule has 1 aromatic rings. The Balaban J connectivity index is 2.92. The van der Waals surface area contributed by atoms with E-state index in [1.165, 1.54) is 35.1 Å². The zero-order valence-corrected chi connectivity index (χ0v) is 9.78. The normalized spacial score (nSPS) is 10.5. The third-order valence-electron chi connectivity index (χ3n) is 2.44. The van der Waals surface area contributed by atoms with Crippen LogP contribution in [-0.2, 0) is 19.0 Å². The SMILES string of the molecule is Cc1cc(C)c(CCC[SH2+])c(C)c1. The van der Waals surface area contributed by atoms with Crippen LogP contribution in [0.25, 0.3) is 0 Å². The zero-order valence-electron chi connectivity index (χ0n) is 8.78. The van der Waals surface area contributed by atoms with E-state index in [0.29, 0.717) is 0 Å². The molecule has 0 radical (unpaired) electrons. The molecule has 0 aliphatic carbocycles. The van der Waals surface area contributed by atoms with E-state index in [-0.39, 0.29) is 0 Å².